The third kappa shape index (κ3) is 4.30. The van der Waals surface area contributed by atoms with Crippen molar-refractivity contribution in [2.45, 2.75) is 44.9 Å². The van der Waals surface area contributed by atoms with Crippen molar-refractivity contribution in [3.8, 4) is 5.75 Å². The van der Waals surface area contributed by atoms with Gasteiger partial charge in [-0.05, 0) is 59.7 Å². The third-order valence-electron chi connectivity index (χ3n) is 7.21. The number of benzene rings is 3. The molecule has 184 valence electrons. The maximum atomic E-state index is 13.8. The van der Waals surface area contributed by atoms with Gasteiger partial charge in [-0.1, -0.05) is 61.5 Å². The van der Waals surface area contributed by atoms with Crippen LogP contribution in [0.25, 0.3) is 10.8 Å². The van der Waals surface area contributed by atoms with Gasteiger partial charge in [0.1, 0.15) is 5.75 Å². The molecule has 0 bridgehead atoms. The highest BCUT2D eigenvalue weighted by atomic mass is 16.5. The van der Waals surface area contributed by atoms with Gasteiger partial charge < -0.3 is 14.8 Å². The molecule has 0 saturated heterocycles. The van der Waals surface area contributed by atoms with Crippen LogP contribution < -0.4 is 10.1 Å². The zero-order valence-corrected chi connectivity index (χ0v) is 21.0. The number of nitrogens with one attached hydrogen (secondary N) is 1. The molecule has 5 nitrogen and oxygen atoms in total. The van der Waals surface area contributed by atoms with Gasteiger partial charge in [0, 0.05) is 29.3 Å². The zero-order valence-electron chi connectivity index (χ0n) is 21.0. The van der Waals surface area contributed by atoms with Crippen molar-refractivity contribution in [1.82, 2.24) is 5.32 Å². The van der Waals surface area contributed by atoms with E-state index in [1.807, 2.05) is 62.4 Å². The zero-order chi connectivity index (χ0) is 25.2. The largest absolute Gasteiger partial charge is 0.497 e. The number of carbonyl (C=O) groups is 2. The number of Topliss-reactive ketones (excluding diaryl/α,β-unsaturated/α-hetero) is 1. The minimum atomic E-state index is -0.471. The predicted molar refractivity (Wildman–Crippen MR) is 141 cm³/mol. The van der Waals surface area contributed by atoms with Crippen LogP contribution in [0.15, 0.2) is 89.3 Å². The second kappa shape index (κ2) is 10.0. The van der Waals surface area contributed by atoms with Crippen molar-refractivity contribution >= 4 is 22.5 Å². The average Bonchev–Trinajstić information content (AvgIpc) is 2.90. The molecule has 36 heavy (non-hydrogen) atoms. The Hall–Kier alpha value is -3.86. The van der Waals surface area contributed by atoms with Crippen molar-refractivity contribution < 1.29 is 19.1 Å². The first-order chi connectivity index (χ1) is 17.5. The van der Waals surface area contributed by atoms with E-state index in [1.165, 1.54) is 0 Å². The maximum absolute atomic E-state index is 13.8. The molecular formula is C31H31NO4. The Kier molecular flexibility index (Phi) is 6.64. The predicted octanol–water partition coefficient (Wildman–Crippen LogP) is 6.16. The Bertz CT molecular complexity index is 1380. The van der Waals surface area contributed by atoms with Crippen molar-refractivity contribution in [1.29, 1.82) is 0 Å². The second-order valence-corrected chi connectivity index (χ2v) is 9.49. The van der Waals surface area contributed by atoms with Crippen LogP contribution in [0.3, 0.4) is 0 Å². The molecule has 1 heterocycles. The monoisotopic (exact) mass is 481 g/mol. The minimum absolute atomic E-state index is 0.0595. The summed E-state index contributed by atoms with van der Waals surface area (Å²) in [5.41, 5.74) is 4.92. The molecule has 0 amide bonds. The highest BCUT2D eigenvalue weighted by Gasteiger charge is 2.41. The Morgan fingerprint density at radius 2 is 1.75 bits per heavy atom. The molecule has 0 fully saturated rings. The van der Waals surface area contributed by atoms with Gasteiger partial charge in [0.15, 0.2) is 5.78 Å². The Morgan fingerprint density at radius 3 is 2.50 bits per heavy atom. The lowest BCUT2D eigenvalue weighted by atomic mass is 9.71. The molecule has 3 aromatic rings. The summed E-state index contributed by atoms with van der Waals surface area (Å²) in [6.45, 7) is 4.23. The number of hydrogen-bond acceptors (Lipinski definition) is 5. The molecule has 1 aliphatic carbocycles. The molecule has 2 atom stereocenters. The number of carbonyl (C=O) groups excluding carboxylic acids is 2. The number of fused-ring (bicyclic) bond motifs is 1. The van der Waals surface area contributed by atoms with Crippen molar-refractivity contribution in [2.24, 2.45) is 0 Å². The molecule has 1 N–H and O–H groups in total. The number of methoxy groups -OCH3 is 1. The van der Waals surface area contributed by atoms with E-state index < -0.39 is 5.92 Å². The number of dihydropyridines is 1. The molecule has 0 spiro atoms. The fourth-order valence-corrected chi connectivity index (χ4v) is 5.51. The molecule has 0 aromatic heterocycles. The Labute approximate surface area is 211 Å². The summed E-state index contributed by atoms with van der Waals surface area (Å²) in [7, 11) is 1.65. The number of hydrogen-bond donors (Lipinski definition) is 1. The summed E-state index contributed by atoms with van der Waals surface area (Å²) in [6.07, 6.45) is 1.83. The van der Waals surface area contributed by atoms with E-state index >= 15 is 0 Å². The minimum Gasteiger partial charge on any atom is -0.497 e. The lowest BCUT2D eigenvalue weighted by molar-refractivity contribution is -0.139. The van der Waals surface area contributed by atoms with Crippen molar-refractivity contribution in [3.63, 3.8) is 0 Å². The fraction of sp³-hybridized carbons (Fsp3) is 0.290. The van der Waals surface area contributed by atoms with Crippen LogP contribution >= 0.6 is 0 Å². The van der Waals surface area contributed by atoms with Gasteiger partial charge in [-0.15, -0.1) is 0 Å². The van der Waals surface area contributed by atoms with Crippen LogP contribution in [0.5, 0.6) is 5.75 Å². The lowest BCUT2D eigenvalue weighted by Crippen LogP contribution is -2.36. The highest BCUT2D eigenvalue weighted by Crippen LogP contribution is 2.47. The smallest absolute Gasteiger partial charge is 0.336 e. The van der Waals surface area contributed by atoms with Crippen molar-refractivity contribution in [2.75, 3.05) is 13.7 Å². The summed E-state index contributed by atoms with van der Waals surface area (Å²) in [5, 5.41) is 5.56. The molecule has 5 rings (SSSR count). The standard InChI is InChI=1S/C31H31NO4/c1-4-16-36-31(34)28-19(2)32-26-17-22(20-12-14-23(35-3)15-13-20)18-27(33)30(26)29(28)25-11-7-9-21-8-5-6-10-24(21)25/h5-15,22,29,32H,4,16-18H2,1-3H3/t22-,29+/m1/s1. The maximum Gasteiger partial charge on any atom is 0.336 e. The van der Waals surface area contributed by atoms with Crippen LogP contribution in [0, 0.1) is 0 Å². The topological polar surface area (TPSA) is 64.6 Å². The third-order valence-corrected chi connectivity index (χ3v) is 7.21. The second-order valence-electron chi connectivity index (χ2n) is 9.49. The van der Waals surface area contributed by atoms with Gasteiger partial charge in [-0.2, -0.15) is 0 Å². The molecule has 0 saturated carbocycles. The fourth-order valence-electron chi connectivity index (χ4n) is 5.51. The summed E-state index contributed by atoms with van der Waals surface area (Å²) >= 11 is 0. The SMILES string of the molecule is CCCOC(=O)C1=C(C)NC2=C(C(=O)C[C@H](c3ccc(OC)cc3)C2)[C@H]1c1cccc2ccccc12. The Balaban J connectivity index is 1.62. The molecule has 5 heteroatoms. The summed E-state index contributed by atoms with van der Waals surface area (Å²) in [4.78, 5) is 27.2. The van der Waals surface area contributed by atoms with E-state index in [2.05, 4.69) is 23.5 Å². The first kappa shape index (κ1) is 23.9. The first-order valence-electron chi connectivity index (χ1n) is 12.5. The number of ether oxygens (including phenoxy) is 2. The quantitative estimate of drug-likeness (QED) is 0.427. The normalized spacial score (nSPS) is 19.7. The van der Waals surface area contributed by atoms with Crippen LogP contribution in [-0.4, -0.2) is 25.5 Å². The summed E-state index contributed by atoms with van der Waals surface area (Å²) < 4.78 is 10.9. The van der Waals surface area contributed by atoms with Gasteiger partial charge in [-0.25, -0.2) is 4.79 Å². The first-order valence-corrected chi connectivity index (χ1v) is 12.5. The van der Waals surface area contributed by atoms with Gasteiger partial charge in [0.25, 0.3) is 0 Å². The summed E-state index contributed by atoms with van der Waals surface area (Å²) in [5.74, 6) is 0.0825. The van der Waals surface area contributed by atoms with Crippen LogP contribution in [0.4, 0.5) is 0 Å². The van der Waals surface area contributed by atoms with Crippen molar-refractivity contribution in [3.05, 3.63) is 100 Å². The van der Waals surface area contributed by atoms with E-state index in [1.54, 1.807) is 7.11 Å². The lowest BCUT2D eigenvalue weighted by Gasteiger charge is -2.37. The number of esters is 1. The van der Waals surface area contributed by atoms with Gasteiger partial charge >= 0.3 is 5.97 Å². The molecule has 3 aromatic carbocycles. The van der Waals surface area contributed by atoms with E-state index in [-0.39, 0.29) is 17.7 Å². The number of rotatable bonds is 6. The van der Waals surface area contributed by atoms with E-state index in [0.29, 0.717) is 30.6 Å². The van der Waals surface area contributed by atoms with E-state index in [4.69, 9.17) is 9.47 Å². The van der Waals surface area contributed by atoms with Crippen LogP contribution in [0.1, 0.15) is 56.1 Å². The van der Waals surface area contributed by atoms with E-state index in [0.717, 1.165) is 45.5 Å². The number of ketones is 1. The molecule has 0 radical (unpaired) electrons. The molecule has 0 unspecified atom stereocenters. The average molecular weight is 482 g/mol. The Morgan fingerprint density at radius 1 is 1.00 bits per heavy atom. The van der Waals surface area contributed by atoms with Gasteiger partial charge in [-0.3, -0.25) is 4.79 Å². The molecule has 2 aliphatic rings. The highest BCUT2D eigenvalue weighted by molar-refractivity contribution is 6.05. The van der Waals surface area contributed by atoms with Crippen LogP contribution in [0.2, 0.25) is 0 Å². The van der Waals surface area contributed by atoms with Gasteiger partial charge in [0.05, 0.1) is 19.3 Å². The summed E-state index contributed by atoms with van der Waals surface area (Å²) in [6, 6.07) is 22.1. The van der Waals surface area contributed by atoms with Crippen LogP contribution in [-0.2, 0) is 14.3 Å². The van der Waals surface area contributed by atoms with Gasteiger partial charge in [0.2, 0.25) is 0 Å². The number of allylic oxidation sites excluding steroid dienone is 3. The molecule has 1 aliphatic heterocycles. The van der Waals surface area contributed by atoms with E-state index in [9.17, 15) is 9.59 Å². The molecular weight excluding hydrogens is 450 g/mol.